The van der Waals surface area contributed by atoms with Crippen molar-refractivity contribution in [3.8, 4) is 0 Å². The molecule has 17 heavy (non-hydrogen) atoms. The highest BCUT2D eigenvalue weighted by Gasteiger charge is 2.25. The van der Waals surface area contributed by atoms with Crippen molar-refractivity contribution < 1.29 is 0 Å². The smallest absolute Gasteiger partial charge is 0.0837 e. The summed E-state index contributed by atoms with van der Waals surface area (Å²) in [5.41, 5.74) is 7.02. The minimum Gasteiger partial charge on any atom is -0.370 e. The summed E-state index contributed by atoms with van der Waals surface area (Å²) in [6, 6.07) is 4.22. The van der Waals surface area contributed by atoms with Gasteiger partial charge in [-0.1, -0.05) is 30.1 Å². The molecule has 1 heterocycles. The molecule has 1 saturated heterocycles. The van der Waals surface area contributed by atoms with E-state index in [0.29, 0.717) is 16.0 Å². The number of hydrogen-bond acceptors (Lipinski definition) is 2. The van der Waals surface area contributed by atoms with E-state index in [4.69, 9.17) is 28.9 Å². The van der Waals surface area contributed by atoms with Crippen LogP contribution in [0.4, 0.5) is 5.69 Å². The van der Waals surface area contributed by atoms with Crippen molar-refractivity contribution in [1.29, 1.82) is 0 Å². The Morgan fingerprint density at radius 1 is 1.35 bits per heavy atom. The molecular formula is C12H15BrCl2N2. The van der Waals surface area contributed by atoms with E-state index in [0.717, 1.165) is 29.7 Å². The molecule has 2 rings (SSSR count). The van der Waals surface area contributed by atoms with E-state index in [1.807, 2.05) is 12.1 Å². The van der Waals surface area contributed by atoms with Gasteiger partial charge in [-0.3, -0.25) is 0 Å². The van der Waals surface area contributed by atoms with Gasteiger partial charge in [0.15, 0.2) is 0 Å². The van der Waals surface area contributed by atoms with E-state index in [9.17, 15) is 0 Å². The van der Waals surface area contributed by atoms with Gasteiger partial charge in [-0.15, -0.1) is 0 Å². The number of rotatable bonds is 1. The topological polar surface area (TPSA) is 29.3 Å². The Balaban J connectivity index is 2.26. The van der Waals surface area contributed by atoms with Gasteiger partial charge in [0.25, 0.3) is 0 Å². The molecule has 2 atom stereocenters. The van der Waals surface area contributed by atoms with E-state index in [1.165, 1.54) is 0 Å². The van der Waals surface area contributed by atoms with Crippen LogP contribution in [0.5, 0.6) is 0 Å². The molecule has 1 aromatic rings. The fourth-order valence-electron chi connectivity index (χ4n) is 2.14. The zero-order chi connectivity index (χ0) is 12.6. The van der Waals surface area contributed by atoms with Gasteiger partial charge in [-0.2, -0.15) is 0 Å². The van der Waals surface area contributed by atoms with E-state index in [1.54, 1.807) is 0 Å². The molecule has 0 spiro atoms. The Morgan fingerprint density at radius 2 is 2.06 bits per heavy atom. The third kappa shape index (κ3) is 2.73. The van der Waals surface area contributed by atoms with Crippen molar-refractivity contribution in [3.05, 3.63) is 26.7 Å². The summed E-state index contributed by atoms with van der Waals surface area (Å²) in [5, 5.41) is 1.19. The van der Waals surface area contributed by atoms with Gasteiger partial charge < -0.3 is 10.6 Å². The summed E-state index contributed by atoms with van der Waals surface area (Å²) in [6.45, 7) is 4.03. The van der Waals surface area contributed by atoms with E-state index >= 15 is 0 Å². The minimum atomic E-state index is 0.288. The maximum atomic E-state index is 6.28. The van der Waals surface area contributed by atoms with Gasteiger partial charge in [0.1, 0.15) is 0 Å². The van der Waals surface area contributed by atoms with Gasteiger partial charge in [0.05, 0.1) is 15.7 Å². The highest BCUT2D eigenvalue weighted by molar-refractivity contribution is 9.10. The third-order valence-corrected chi connectivity index (χ3v) is 5.09. The molecule has 2 nitrogen and oxygen atoms in total. The first-order chi connectivity index (χ1) is 8.00. The van der Waals surface area contributed by atoms with Gasteiger partial charge in [0.2, 0.25) is 0 Å². The Labute approximate surface area is 120 Å². The number of nitrogens with zero attached hydrogens (tertiary/aromatic N) is 1. The first-order valence-corrected chi connectivity index (χ1v) is 7.19. The lowest BCUT2D eigenvalue weighted by Gasteiger charge is -2.37. The average Bonchev–Trinajstić information content (AvgIpc) is 2.30. The maximum absolute atomic E-state index is 6.28. The second-order valence-corrected chi connectivity index (χ2v) is 6.18. The number of nitrogens with two attached hydrogens (primary N) is 1. The van der Waals surface area contributed by atoms with Gasteiger partial charge >= 0.3 is 0 Å². The van der Waals surface area contributed by atoms with Crippen LogP contribution in [0.1, 0.15) is 13.3 Å². The molecule has 0 aliphatic carbocycles. The summed E-state index contributed by atoms with van der Waals surface area (Å²) in [5.74, 6) is 0.474. The van der Waals surface area contributed by atoms with E-state index < -0.39 is 0 Å². The molecule has 2 N–H and O–H groups in total. The summed E-state index contributed by atoms with van der Waals surface area (Å²) >= 11 is 15.8. The predicted octanol–water partition coefficient (Wildman–Crippen LogP) is 3.93. The normalized spacial score (nSPS) is 25.1. The maximum Gasteiger partial charge on any atom is 0.0837 e. The summed E-state index contributed by atoms with van der Waals surface area (Å²) < 4.78 is 0.828. The van der Waals surface area contributed by atoms with E-state index in [2.05, 4.69) is 27.8 Å². The Hall–Kier alpha value is 0.0400. The van der Waals surface area contributed by atoms with Gasteiger partial charge in [-0.05, 0) is 40.4 Å². The number of halogens is 3. The monoisotopic (exact) mass is 336 g/mol. The number of benzene rings is 1. The molecule has 0 amide bonds. The van der Waals surface area contributed by atoms with Gasteiger partial charge in [0, 0.05) is 23.6 Å². The summed E-state index contributed by atoms with van der Waals surface area (Å²) in [7, 11) is 0. The molecule has 1 aliphatic heterocycles. The van der Waals surface area contributed by atoms with Crippen LogP contribution < -0.4 is 10.6 Å². The molecule has 0 aromatic heterocycles. The van der Waals surface area contributed by atoms with Crippen LogP contribution in [0.15, 0.2) is 16.6 Å². The van der Waals surface area contributed by atoms with Crippen molar-refractivity contribution in [2.45, 2.75) is 19.4 Å². The van der Waals surface area contributed by atoms with Crippen LogP contribution >= 0.6 is 39.1 Å². The van der Waals surface area contributed by atoms with Crippen LogP contribution in [-0.4, -0.2) is 19.1 Å². The van der Waals surface area contributed by atoms with Crippen LogP contribution in [0.25, 0.3) is 0 Å². The lowest BCUT2D eigenvalue weighted by atomic mass is 9.94. The second-order valence-electron chi connectivity index (χ2n) is 4.57. The number of piperidine rings is 1. The molecule has 1 aromatic carbocycles. The number of anilines is 1. The molecule has 1 aliphatic rings. The van der Waals surface area contributed by atoms with Crippen molar-refractivity contribution in [3.63, 3.8) is 0 Å². The van der Waals surface area contributed by atoms with Crippen molar-refractivity contribution in [1.82, 2.24) is 0 Å². The Bertz CT molecular complexity index is 425. The van der Waals surface area contributed by atoms with Crippen LogP contribution in [-0.2, 0) is 0 Å². The lowest BCUT2D eigenvalue weighted by molar-refractivity contribution is 0.383. The Morgan fingerprint density at radius 3 is 2.71 bits per heavy atom. The highest BCUT2D eigenvalue weighted by Crippen LogP contribution is 2.38. The minimum absolute atomic E-state index is 0.288. The first-order valence-electron chi connectivity index (χ1n) is 5.64. The fraction of sp³-hybridized carbons (Fsp3) is 0.500. The quantitative estimate of drug-likeness (QED) is 0.787. The van der Waals surface area contributed by atoms with Crippen LogP contribution in [0, 0.1) is 5.92 Å². The largest absolute Gasteiger partial charge is 0.370 e. The zero-order valence-corrected chi connectivity index (χ0v) is 12.7. The summed E-state index contributed by atoms with van der Waals surface area (Å²) in [4.78, 5) is 2.26. The predicted molar refractivity (Wildman–Crippen MR) is 78.1 cm³/mol. The highest BCUT2D eigenvalue weighted by atomic mass is 79.9. The molecule has 2 unspecified atom stereocenters. The molecule has 0 radical (unpaired) electrons. The zero-order valence-electron chi connectivity index (χ0n) is 9.59. The second kappa shape index (κ2) is 5.35. The standard InChI is InChI=1S/C12H15BrCl2N2/c1-7-6-17(5-4-9(7)16)10-3-2-8(13)11(14)12(10)15/h2-3,7,9H,4-6,16H2,1H3. The van der Waals surface area contributed by atoms with Crippen molar-refractivity contribution in [2.24, 2.45) is 11.7 Å². The SMILES string of the molecule is CC1CN(c2ccc(Br)c(Cl)c2Cl)CCC1N. The fourth-order valence-corrected chi connectivity index (χ4v) is 3.03. The Kier molecular flexibility index (Phi) is 4.24. The summed E-state index contributed by atoms with van der Waals surface area (Å²) in [6.07, 6.45) is 0.991. The first kappa shape index (κ1) is 13.5. The van der Waals surface area contributed by atoms with Crippen LogP contribution in [0.3, 0.4) is 0 Å². The lowest BCUT2D eigenvalue weighted by Crippen LogP contribution is -2.46. The molecule has 1 fully saturated rings. The molecule has 5 heteroatoms. The van der Waals surface area contributed by atoms with E-state index in [-0.39, 0.29) is 6.04 Å². The average molecular weight is 338 g/mol. The van der Waals surface area contributed by atoms with Crippen LogP contribution in [0.2, 0.25) is 10.0 Å². The van der Waals surface area contributed by atoms with Gasteiger partial charge in [-0.25, -0.2) is 0 Å². The molecule has 94 valence electrons. The molecular weight excluding hydrogens is 323 g/mol. The van der Waals surface area contributed by atoms with Crippen molar-refractivity contribution in [2.75, 3.05) is 18.0 Å². The third-order valence-electron chi connectivity index (χ3n) is 3.33. The molecule has 0 bridgehead atoms. The van der Waals surface area contributed by atoms with Crippen molar-refractivity contribution >= 4 is 44.8 Å². The molecule has 0 saturated carbocycles. The number of hydrogen-bond donors (Lipinski definition) is 1.